The number of morpholine rings is 1. The van der Waals surface area contributed by atoms with Gasteiger partial charge in [-0.05, 0) is 0 Å². The predicted octanol–water partition coefficient (Wildman–Crippen LogP) is -0.831. The van der Waals surface area contributed by atoms with Crippen LogP contribution in [-0.2, 0) is 9.62 Å². The Kier molecular flexibility index (Phi) is 4.49. The minimum Gasteiger partial charge on any atom is -0.389 e. The highest BCUT2D eigenvalue weighted by Crippen LogP contribution is 1.98. The number of rotatable bonds is 4. The van der Waals surface area contributed by atoms with Crippen LogP contribution < -0.4 is 0 Å². The van der Waals surface area contributed by atoms with E-state index in [1.54, 1.807) is 0 Å². The van der Waals surface area contributed by atoms with Gasteiger partial charge in [0.05, 0.1) is 19.3 Å². The highest BCUT2D eigenvalue weighted by molar-refractivity contribution is 4.66. The maximum Gasteiger partial charge on any atom is 0.109 e. The molecule has 0 aromatic carbocycles. The van der Waals surface area contributed by atoms with Crippen molar-refractivity contribution in [3.05, 3.63) is 0 Å². The first kappa shape index (κ1) is 9.88. The molecule has 0 radical (unpaired) electrons. The topological polar surface area (TPSA) is 62.2 Å². The van der Waals surface area contributed by atoms with Gasteiger partial charge in [-0.1, -0.05) is 0 Å². The van der Waals surface area contributed by atoms with Gasteiger partial charge in [-0.2, -0.15) is 0 Å². The van der Waals surface area contributed by atoms with Crippen molar-refractivity contribution in [1.29, 1.82) is 0 Å². The first-order valence-corrected chi connectivity index (χ1v) is 4.07. The van der Waals surface area contributed by atoms with Crippen LogP contribution in [0.5, 0.6) is 0 Å². The van der Waals surface area contributed by atoms with E-state index in [9.17, 15) is 5.11 Å². The Morgan fingerprint density at radius 1 is 1.42 bits per heavy atom. The molecule has 5 heteroatoms. The molecule has 1 fully saturated rings. The quantitative estimate of drug-likeness (QED) is 0.433. The molecule has 2 N–H and O–H groups in total. The molecule has 1 saturated heterocycles. The second-order valence-electron chi connectivity index (χ2n) is 2.86. The van der Waals surface area contributed by atoms with Crippen LogP contribution in [0.15, 0.2) is 0 Å². The number of β-amino-alcohol motifs (C(OH)–C–C–N with tert-alkyl or cyclic N) is 1. The maximum atomic E-state index is 9.23. The zero-order valence-corrected chi connectivity index (χ0v) is 6.98. The molecule has 0 spiro atoms. The van der Waals surface area contributed by atoms with Gasteiger partial charge in [-0.3, -0.25) is 10.2 Å². The van der Waals surface area contributed by atoms with Crippen molar-refractivity contribution in [1.82, 2.24) is 4.90 Å². The fourth-order valence-electron chi connectivity index (χ4n) is 1.22. The Labute approximate surface area is 71.4 Å². The van der Waals surface area contributed by atoms with E-state index in [-0.39, 0.29) is 6.61 Å². The smallest absolute Gasteiger partial charge is 0.109 e. The molecular weight excluding hydrogens is 162 g/mol. The first-order chi connectivity index (χ1) is 5.83. The normalized spacial score (nSPS) is 22.5. The molecule has 0 amide bonds. The monoisotopic (exact) mass is 177 g/mol. The van der Waals surface area contributed by atoms with Gasteiger partial charge >= 0.3 is 0 Å². The summed E-state index contributed by atoms with van der Waals surface area (Å²) >= 11 is 0. The lowest BCUT2D eigenvalue weighted by molar-refractivity contribution is -0.257. The number of nitrogens with zero attached hydrogens (tertiary/aromatic N) is 1. The van der Waals surface area contributed by atoms with E-state index >= 15 is 0 Å². The molecule has 1 aliphatic rings. The molecule has 0 aromatic rings. The van der Waals surface area contributed by atoms with Gasteiger partial charge in [0.1, 0.15) is 6.61 Å². The zero-order chi connectivity index (χ0) is 8.81. The van der Waals surface area contributed by atoms with E-state index in [4.69, 9.17) is 9.99 Å². The second-order valence-corrected chi connectivity index (χ2v) is 2.86. The van der Waals surface area contributed by atoms with Gasteiger partial charge in [-0.15, -0.1) is 0 Å². The molecule has 0 aromatic heterocycles. The fraction of sp³-hybridized carbons (Fsp3) is 1.00. The van der Waals surface area contributed by atoms with E-state index in [2.05, 4.69) is 9.79 Å². The highest BCUT2D eigenvalue weighted by Gasteiger charge is 2.14. The summed E-state index contributed by atoms with van der Waals surface area (Å²) in [6.45, 7) is 3.60. The molecule has 1 atom stereocenters. The third kappa shape index (κ3) is 3.46. The summed E-state index contributed by atoms with van der Waals surface area (Å²) in [7, 11) is 0. The van der Waals surface area contributed by atoms with E-state index in [1.165, 1.54) is 0 Å². The predicted molar refractivity (Wildman–Crippen MR) is 41.8 cm³/mol. The Morgan fingerprint density at radius 3 is 2.67 bits per heavy atom. The molecule has 12 heavy (non-hydrogen) atoms. The average molecular weight is 177 g/mol. The van der Waals surface area contributed by atoms with Crippen LogP contribution in [0.25, 0.3) is 0 Å². The van der Waals surface area contributed by atoms with Crippen LogP contribution in [0.3, 0.4) is 0 Å². The number of hydrogen-bond acceptors (Lipinski definition) is 5. The van der Waals surface area contributed by atoms with Gasteiger partial charge in [-0.25, -0.2) is 4.89 Å². The fourth-order valence-corrected chi connectivity index (χ4v) is 1.22. The Bertz CT molecular complexity index is 116. The Balaban J connectivity index is 2.11. The summed E-state index contributed by atoms with van der Waals surface area (Å²) in [6.07, 6.45) is -0.618. The molecule has 1 rings (SSSR count). The van der Waals surface area contributed by atoms with Gasteiger partial charge in [0.15, 0.2) is 0 Å². The third-order valence-electron chi connectivity index (χ3n) is 1.84. The minimum absolute atomic E-state index is 0.0304. The second kappa shape index (κ2) is 5.45. The summed E-state index contributed by atoms with van der Waals surface area (Å²) in [4.78, 5) is 5.91. The van der Waals surface area contributed by atoms with Gasteiger partial charge < -0.3 is 9.84 Å². The zero-order valence-electron chi connectivity index (χ0n) is 6.98. The SMILES string of the molecule is OOCC(O)CN1CCOCC1. The lowest BCUT2D eigenvalue weighted by atomic mass is 10.3. The van der Waals surface area contributed by atoms with Crippen LogP contribution in [0.1, 0.15) is 0 Å². The Morgan fingerprint density at radius 2 is 2.08 bits per heavy atom. The van der Waals surface area contributed by atoms with Gasteiger partial charge in [0.2, 0.25) is 0 Å². The molecule has 0 saturated carbocycles. The van der Waals surface area contributed by atoms with Crippen molar-refractivity contribution in [2.45, 2.75) is 6.10 Å². The van der Waals surface area contributed by atoms with Crippen molar-refractivity contribution in [3.63, 3.8) is 0 Å². The van der Waals surface area contributed by atoms with Gasteiger partial charge in [0.25, 0.3) is 0 Å². The molecular formula is C7H15NO4. The largest absolute Gasteiger partial charge is 0.389 e. The Hall–Kier alpha value is -0.200. The van der Waals surface area contributed by atoms with E-state index in [0.29, 0.717) is 19.8 Å². The number of ether oxygens (including phenoxy) is 1. The highest BCUT2D eigenvalue weighted by atomic mass is 17.1. The summed E-state index contributed by atoms with van der Waals surface area (Å²) in [5.74, 6) is 0. The van der Waals surface area contributed by atoms with Crippen molar-refractivity contribution in [3.8, 4) is 0 Å². The summed E-state index contributed by atoms with van der Waals surface area (Å²) < 4.78 is 5.14. The summed E-state index contributed by atoms with van der Waals surface area (Å²) in [5, 5.41) is 17.3. The van der Waals surface area contributed by atoms with Crippen molar-refractivity contribution < 1.29 is 20.0 Å². The maximum absolute atomic E-state index is 9.23. The molecule has 5 nitrogen and oxygen atoms in total. The van der Waals surface area contributed by atoms with Crippen molar-refractivity contribution >= 4 is 0 Å². The van der Waals surface area contributed by atoms with Crippen molar-refractivity contribution in [2.75, 3.05) is 39.5 Å². The van der Waals surface area contributed by atoms with Crippen LogP contribution >= 0.6 is 0 Å². The average Bonchev–Trinajstić information content (AvgIpc) is 2.06. The van der Waals surface area contributed by atoms with Crippen LogP contribution in [-0.4, -0.2) is 60.8 Å². The van der Waals surface area contributed by atoms with Crippen molar-refractivity contribution in [2.24, 2.45) is 0 Å². The van der Waals surface area contributed by atoms with E-state index in [1.807, 2.05) is 0 Å². The first-order valence-electron chi connectivity index (χ1n) is 4.07. The summed E-state index contributed by atoms with van der Waals surface area (Å²) in [5.41, 5.74) is 0. The lowest BCUT2D eigenvalue weighted by Crippen LogP contribution is -2.42. The van der Waals surface area contributed by atoms with Crippen LogP contribution in [0.4, 0.5) is 0 Å². The lowest BCUT2D eigenvalue weighted by Gasteiger charge is -2.27. The third-order valence-corrected chi connectivity index (χ3v) is 1.84. The summed E-state index contributed by atoms with van der Waals surface area (Å²) in [6, 6.07) is 0. The molecule has 72 valence electrons. The molecule has 1 unspecified atom stereocenters. The van der Waals surface area contributed by atoms with E-state index in [0.717, 1.165) is 13.1 Å². The van der Waals surface area contributed by atoms with Crippen LogP contribution in [0.2, 0.25) is 0 Å². The molecule has 0 aliphatic carbocycles. The van der Waals surface area contributed by atoms with E-state index < -0.39 is 6.10 Å². The molecule has 0 bridgehead atoms. The van der Waals surface area contributed by atoms with Crippen LogP contribution in [0, 0.1) is 0 Å². The minimum atomic E-state index is -0.618. The number of aliphatic hydroxyl groups is 1. The number of aliphatic hydroxyl groups excluding tert-OH is 1. The molecule has 1 heterocycles. The number of hydrogen-bond donors (Lipinski definition) is 2. The standard InChI is InChI=1S/C7H15NO4/c9-7(6-12-10)5-8-1-3-11-4-2-8/h7,9-10H,1-6H2. The molecule has 1 aliphatic heterocycles. The van der Waals surface area contributed by atoms with Gasteiger partial charge in [0, 0.05) is 19.6 Å².